The van der Waals surface area contributed by atoms with E-state index in [-0.39, 0.29) is 0 Å². The van der Waals surface area contributed by atoms with Crippen LogP contribution in [0, 0.1) is 6.92 Å². The Morgan fingerprint density at radius 2 is 2.29 bits per heavy atom. The van der Waals surface area contributed by atoms with Gasteiger partial charge in [-0.3, -0.25) is 4.90 Å². The first-order valence-corrected chi connectivity index (χ1v) is 6.76. The van der Waals surface area contributed by atoms with E-state index in [4.69, 9.17) is 0 Å². The van der Waals surface area contributed by atoms with Crippen molar-refractivity contribution in [2.75, 3.05) is 26.2 Å². The molecule has 1 fully saturated rings. The molecule has 17 heavy (non-hydrogen) atoms. The van der Waals surface area contributed by atoms with Gasteiger partial charge in [0.25, 0.3) is 0 Å². The van der Waals surface area contributed by atoms with Crippen LogP contribution in [-0.4, -0.2) is 37.1 Å². The summed E-state index contributed by atoms with van der Waals surface area (Å²) in [4.78, 5) is 2.60. The van der Waals surface area contributed by atoms with Crippen LogP contribution in [0.2, 0.25) is 0 Å². The maximum atomic E-state index is 3.44. The van der Waals surface area contributed by atoms with Gasteiger partial charge < -0.3 is 5.32 Å². The van der Waals surface area contributed by atoms with E-state index in [0.29, 0.717) is 6.04 Å². The van der Waals surface area contributed by atoms with E-state index in [1.807, 2.05) is 0 Å². The van der Waals surface area contributed by atoms with Gasteiger partial charge in [0.15, 0.2) is 0 Å². The monoisotopic (exact) mass is 232 g/mol. The van der Waals surface area contributed by atoms with Gasteiger partial charge in [0.1, 0.15) is 0 Å². The van der Waals surface area contributed by atoms with Gasteiger partial charge in [0.2, 0.25) is 0 Å². The second-order valence-electron chi connectivity index (χ2n) is 5.18. The Hall–Kier alpha value is -0.860. The molecule has 0 bridgehead atoms. The van der Waals surface area contributed by atoms with Crippen LogP contribution in [0.3, 0.4) is 0 Å². The maximum Gasteiger partial charge on any atom is 0.0192 e. The number of piperazine rings is 1. The molecule has 0 radical (unpaired) electrons. The first-order valence-electron chi connectivity index (χ1n) is 6.76. The molecular weight excluding hydrogens is 208 g/mol. The van der Waals surface area contributed by atoms with E-state index in [1.54, 1.807) is 0 Å². The van der Waals surface area contributed by atoms with Gasteiger partial charge in [-0.15, -0.1) is 0 Å². The number of benzene rings is 1. The Kier molecular flexibility index (Phi) is 4.57. The first-order chi connectivity index (χ1) is 8.25. The molecule has 0 saturated carbocycles. The van der Waals surface area contributed by atoms with E-state index in [9.17, 15) is 0 Å². The minimum absolute atomic E-state index is 0.696. The summed E-state index contributed by atoms with van der Waals surface area (Å²) in [5, 5.41) is 3.44. The highest BCUT2D eigenvalue weighted by atomic mass is 15.2. The third kappa shape index (κ3) is 3.83. The lowest BCUT2D eigenvalue weighted by atomic mass is 10.1. The zero-order valence-corrected chi connectivity index (χ0v) is 11.1. The second kappa shape index (κ2) is 6.18. The number of hydrogen-bond donors (Lipinski definition) is 1. The standard InChI is InChI=1S/C15H24N2/c1-13-5-3-6-15(11-13)7-4-9-17-10-8-16-12-14(17)2/h3,5-6,11,14,16H,4,7-10,12H2,1-2H3. The molecule has 2 nitrogen and oxygen atoms in total. The largest absolute Gasteiger partial charge is 0.314 e. The highest BCUT2D eigenvalue weighted by Crippen LogP contribution is 2.09. The molecule has 1 saturated heterocycles. The van der Waals surface area contributed by atoms with Gasteiger partial charge in [0, 0.05) is 25.7 Å². The SMILES string of the molecule is Cc1cccc(CCCN2CCNCC2C)c1. The Labute approximate surface area is 105 Å². The average molecular weight is 232 g/mol. The van der Waals surface area contributed by atoms with E-state index in [1.165, 1.54) is 37.1 Å². The summed E-state index contributed by atoms with van der Waals surface area (Å²) in [6, 6.07) is 9.58. The zero-order chi connectivity index (χ0) is 12.1. The van der Waals surface area contributed by atoms with Crippen molar-refractivity contribution in [2.45, 2.75) is 32.7 Å². The molecular formula is C15H24N2. The third-order valence-electron chi connectivity index (χ3n) is 3.63. The van der Waals surface area contributed by atoms with Gasteiger partial charge in [-0.1, -0.05) is 29.8 Å². The van der Waals surface area contributed by atoms with Crippen LogP contribution >= 0.6 is 0 Å². The zero-order valence-electron chi connectivity index (χ0n) is 11.1. The summed E-state index contributed by atoms with van der Waals surface area (Å²) in [6.07, 6.45) is 2.48. The van der Waals surface area contributed by atoms with Crippen molar-refractivity contribution in [3.8, 4) is 0 Å². The Morgan fingerprint density at radius 3 is 3.06 bits per heavy atom. The van der Waals surface area contributed by atoms with Gasteiger partial charge >= 0.3 is 0 Å². The Bertz CT molecular complexity index is 349. The van der Waals surface area contributed by atoms with Gasteiger partial charge in [-0.05, 0) is 38.8 Å². The average Bonchev–Trinajstić information content (AvgIpc) is 2.32. The normalized spacial score (nSPS) is 21.6. The molecule has 94 valence electrons. The van der Waals surface area contributed by atoms with Crippen LogP contribution in [0.25, 0.3) is 0 Å². The minimum Gasteiger partial charge on any atom is -0.314 e. The maximum absolute atomic E-state index is 3.44. The molecule has 1 atom stereocenters. The predicted molar refractivity (Wildman–Crippen MR) is 73.4 cm³/mol. The molecule has 0 amide bonds. The number of nitrogens with zero attached hydrogens (tertiary/aromatic N) is 1. The Morgan fingerprint density at radius 1 is 1.41 bits per heavy atom. The third-order valence-corrected chi connectivity index (χ3v) is 3.63. The molecule has 0 aliphatic carbocycles. The van der Waals surface area contributed by atoms with Crippen molar-refractivity contribution < 1.29 is 0 Å². The molecule has 0 spiro atoms. The van der Waals surface area contributed by atoms with Crippen molar-refractivity contribution in [2.24, 2.45) is 0 Å². The smallest absolute Gasteiger partial charge is 0.0192 e. The summed E-state index contributed by atoms with van der Waals surface area (Å²) >= 11 is 0. The highest BCUT2D eigenvalue weighted by molar-refractivity contribution is 5.22. The number of hydrogen-bond acceptors (Lipinski definition) is 2. The quantitative estimate of drug-likeness (QED) is 0.856. The van der Waals surface area contributed by atoms with E-state index >= 15 is 0 Å². The minimum atomic E-state index is 0.696. The predicted octanol–water partition coefficient (Wildman–Crippen LogP) is 2.22. The van der Waals surface area contributed by atoms with Crippen LogP contribution in [-0.2, 0) is 6.42 Å². The van der Waals surface area contributed by atoms with Gasteiger partial charge in [-0.2, -0.15) is 0 Å². The molecule has 1 aliphatic heterocycles. The summed E-state index contributed by atoms with van der Waals surface area (Å²) in [5.41, 5.74) is 2.85. The first kappa shape index (κ1) is 12.6. The molecule has 2 heteroatoms. The fraction of sp³-hybridized carbons (Fsp3) is 0.600. The van der Waals surface area contributed by atoms with Gasteiger partial charge in [-0.25, -0.2) is 0 Å². The van der Waals surface area contributed by atoms with Crippen molar-refractivity contribution >= 4 is 0 Å². The van der Waals surface area contributed by atoms with Crippen molar-refractivity contribution in [1.29, 1.82) is 0 Å². The molecule has 1 unspecified atom stereocenters. The number of rotatable bonds is 4. The van der Waals surface area contributed by atoms with Crippen LogP contribution in [0.15, 0.2) is 24.3 Å². The molecule has 2 rings (SSSR count). The lowest BCUT2D eigenvalue weighted by Gasteiger charge is -2.33. The van der Waals surface area contributed by atoms with Crippen LogP contribution in [0.1, 0.15) is 24.5 Å². The molecule has 0 aromatic heterocycles. The lowest BCUT2D eigenvalue weighted by molar-refractivity contribution is 0.172. The topological polar surface area (TPSA) is 15.3 Å². The molecule has 1 N–H and O–H groups in total. The number of nitrogens with one attached hydrogen (secondary N) is 1. The van der Waals surface area contributed by atoms with Crippen LogP contribution in [0.5, 0.6) is 0 Å². The van der Waals surface area contributed by atoms with Crippen molar-refractivity contribution in [3.05, 3.63) is 35.4 Å². The highest BCUT2D eigenvalue weighted by Gasteiger charge is 2.16. The number of aryl methyl sites for hydroxylation is 2. The fourth-order valence-corrected chi connectivity index (χ4v) is 2.57. The molecule has 1 heterocycles. The summed E-state index contributed by atoms with van der Waals surface area (Å²) in [6.45, 7) is 9.21. The van der Waals surface area contributed by atoms with Gasteiger partial charge in [0.05, 0.1) is 0 Å². The van der Waals surface area contributed by atoms with Crippen molar-refractivity contribution in [1.82, 2.24) is 10.2 Å². The van der Waals surface area contributed by atoms with E-state index in [0.717, 1.165) is 13.1 Å². The fourth-order valence-electron chi connectivity index (χ4n) is 2.57. The van der Waals surface area contributed by atoms with E-state index < -0.39 is 0 Å². The molecule has 1 aromatic carbocycles. The Balaban J connectivity index is 1.75. The molecule has 1 aromatic rings. The van der Waals surface area contributed by atoms with E-state index in [2.05, 4.69) is 48.3 Å². The van der Waals surface area contributed by atoms with Crippen molar-refractivity contribution in [3.63, 3.8) is 0 Å². The van der Waals surface area contributed by atoms with Crippen LogP contribution < -0.4 is 5.32 Å². The summed E-state index contributed by atoms with van der Waals surface area (Å²) in [5.74, 6) is 0. The van der Waals surface area contributed by atoms with Crippen LogP contribution in [0.4, 0.5) is 0 Å². The summed E-state index contributed by atoms with van der Waals surface area (Å²) < 4.78 is 0. The second-order valence-corrected chi connectivity index (χ2v) is 5.18. The summed E-state index contributed by atoms with van der Waals surface area (Å²) in [7, 11) is 0. The lowest BCUT2D eigenvalue weighted by Crippen LogP contribution is -2.49. The molecule has 1 aliphatic rings.